The summed E-state index contributed by atoms with van der Waals surface area (Å²) >= 11 is 1.49. The summed E-state index contributed by atoms with van der Waals surface area (Å²) in [6.07, 6.45) is 3.79. The Labute approximate surface area is 150 Å². The molecule has 0 aromatic heterocycles. The van der Waals surface area contributed by atoms with Gasteiger partial charge in [0.25, 0.3) is 0 Å². The van der Waals surface area contributed by atoms with Gasteiger partial charge in [-0.05, 0) is 29.7 Å². The van der Waals surface area contributed by atoms with Gasteiger partial charge in [0.05, 0.1) is 5.03 Å². The smallest absolute Gasteiger partial charge is 0.245 e. The second-order valence-electron chi connectivity index (χ2n) is 5.83. The minimum atomic E-state index is -0.289. The van der Waals surface area contributed by atoms with Crippen molar-refractivity contribution in [3.8, 4) is 11.5 Å². The third-order valence-electron chi connectivity index (χ3n) is 4.23. The van der Waals surface area contributed by atoms with E-state index in [9.17, 15) is 4.79 Å². The van der Waals surface area contributed by atoms with Crippen LogP contribution in [0.3, 0.4) is 0 Å². The van der Waals surface area contributed by atoms with Gasteiger partial charge in [0, 0.05) is 6.54 Å². The molecule has 1 fully saturated rings. The molecule has 4 rings (SSSR count). The summed E-state index contributed by atoms with van der Waals surface area (Å²) in [6, 6.07) is 15.8. The molecule has 0 saturated carbocycles. The highest BCUT2D eigenvalue weighted by Crippen LogP contribution is 2.46. The number of carbonyl (C=O) groups excluding carboxylic acids is 1. The van der Waals surface area contributed by atoms with Crippen LogP contribution in [0.15, 0.2) is 72.7 Å². The summed E-state index contributed by atoms with van der Waals surface area (Å²) in [6.45, 7) is 4.70. The van der Waals surface area contributed by atoms with Gasteiger partial charge >= 0.3 is 0 Å². The van der Waals surface area contributed by atoms with Gasteiger partial charge in [0.2, 0.25) is 5.91 Å². The molecule has 25 heavy (non-hydrogen) atoms. The zero-order valence-corrected chi connectivity index (χ0v) is 14.4. The van der Waals surface area contributed by atoms with Crippen molar-refractivity contribution in [1.29, 1.82) is 0 Å². The molecule has 0 bridgehead atoms. The van der Waals surface area contributed by atoms with E-state index in [1.54, 1.807) is 4.90 Å². The predicted octanol–water partition coefficient (Wildman–Crippen LogP) is 4.26. The minimum absolute atomic E-state index is 0.0677. The lowest BCUT2D eigenvalue weighted by atomic mass is 10.1. The monoisotopic (exact) mass is 351 g/mol. The van der Waals surface area contributed by atoms with Crippen molar-refractivity contribution < 1.29 is 14.3 Å². The minimum Gasteiger partial charge on any atom is -0.458 e. The average molecular weight is 351 g/mol. The van der Waals surface area contributed by atoms with Crippen LogP contribution < -0.4 is 9.47 Å². The van der Waals surface area contributed by atoms with E-state index in [1.807, 2.05) is 36.4 Å². The maximum Gasteiger partial charge on any atom is 0.245 e. The van der Waals surface area contributed by atoms with Gasteiger partial charge in [-0.1, -0.05) is 54.7 Å². The van der Waals surface area contributed by atoms with Gasteiger partial charge in [-0.3, -0.25) is 4.79 Å². The second kappa shape index (κ2) is 6.69. The number of amides is 1. The van der Waals surface area contributed by atoms with Crippen LogP contribution in [0.5, 0.6) is 11.5 Å². The van der Waals surface area contributed by atoms with Crippen LogP contribution in [0.25, 0.3) is 0 Å². The fourth-order valence-corrected chi connectivity index (χ4v) is 4.02. The van der Waals surface area contributed by atoms with E-state index >= 15 is 0 Å². The van der Waals surface area contributed by atoms with Crippen molar-refractivity contribution in [1.82, 2.24) is 4.90 Å². The van der Waals surface area contributed by atoms with Gasteiger partial charge in [-0.25, -0.2) is 0 Å². The normalized spacial score (nSPS) is 18.7. The van der Waals surface area contributed by atoms with Crippen molar-refractivity contribution in [3.63, 3.8) is 0 Å². The van der Waals surface area contributed by atoms with E-state index in [-0.39, 0.29) is 11.2 Å². The largest absolute Gasteiger partial charge is 0.458 e. The number of benzene rings is 2. The molecular formula is C20H17NO3S. The first-order valence-corrected chi connectivity index (χ1v) is 8.93. The molecule has 1 amide bonds. The summed E-state index contributed by atoms with van der Waals surface area (Å²) in [5.74, 6) is 1.35. The molecule has 5 heteroatoms. The van der Waals surface area contributed by atoms with Crippen LogP contribution in [0.4, 0.5) is 0 Å². The fourth-order valence-electron chi connectivity index (χ4n) is 2.92. The Balaban J connectivity index is 1.49. The molecule has 2 aromatic rings. The molecule has 2 aliphatic rings. The zero-order valence-electron chi connectivity index (χ0n) is 13.6. The number of rotatable bonds is 4. The van der Waals surface area contributed by atoms with Gasteiger partial charge in [-0.15, -0.1) is 0 Å². The summed E-state index contributed by atoms with van der Waals surface area (Å²) in [4.78, 5) is 14.6. The van der Waals surface area contributed by atoms with Crippen molar-refractivity contribution in [2.75, 3.05) is 6.54 Å². The second-order valence-corrected chi connectivity index (χ2v) is 7.01. The van der Waals surface area contributed by atoms with E-state index in [0.29, 0.717) is 18.0 Å². The number of carbonyl (C=O) groups is 1. The maximum atomic E-state index is 12.9. The van der Waals surface area contributed by atoms with Gasteiger partial charge < -0.3 is 14.4 Å². The van der Waals surface area contributed by atoms with Gasteiger partial charge in [0.1, 0.15) is 17.8 Å². The maximum absolute atomic E-state index is 12.9. The summed E-state index contributed by atoms with van der Waals surface area (Å²) in [5, 5.41) is 0.504. The Morgan fingerprint density at radius 2 is 1.80 bits per heavy atom. The van der Waals surface area contributed by atoms with Crippen molar-refractivity contribution in [2.24, 2.45) is 0 Å². The molecule has 1 unspecified atom stereocenters. The lowest BCUT2D eigenvalue weighted by Gasteiger charge is -2.17. The van der Waals surface area contributed by atoms with E-state index in [4.69, 9.17) is 9.47 Å². The molecule has 0 N–H and O–H groups in total. The molecular weight excluding hydrogens is 334 g/mol. The van der Waals surface area contributed by atoms with Crippen LogP contribution in [0, 0.1) is 0 Å². The highest BCUT2D eigenvalue weighted by Gasteiger charge is 2.36. The van der Waals surface area contributed by atoms with Crippen molar-refractivity contribution in [3.05, 3.63) is 83.8 Å². The molecule has 4 nitrogen and oxygen atoms in total. The zero-order chi connectivity index (χ0) is 17.2. The molecule has 0 radical (unpaired) electrons. The van der Waals surface area contributed by atoms with Gasteiger partial charge in [0.15, 0.2) is 11.5 Å². The number of hydrogen-bond donors (Lipinski definition) is 0. The molecule has 2 aliphatic heterocycles. The van der Waals surface area contributed by atoms with Crippen LogP contribution in [-0.4, -0.2) is 17.4 Å². The quantitative estimate of drug-likeness (QED) is 0.825. The number of nitrogens with zero attached hydrogens (tertiary/aromatic N) is 1. The highest BCUT2D eigenvalue weighted by atomic mass is 32.2. The molecule has 0 aliphatic carbocycles. The topological polar surface area (TPSA) is 38.8 Å². The molecule has 0 spiro atoms. The van der Waals surface area contributed by atoms with E-state index in [2.05, 4.69) is 18.7 Å². The summed E-state index contributed by atoms with van der Waals surface area (Å²) < 4.78 is 10.8. The van der Waals surface area contributed by atoms with E-state index < -0.39 is 0 Å². The molecule has 1 atom stereocenters. The van der Waals surface area contributed by atoms with Gasteiger partial charge in [-0.2, -0.15) is 0 Å². The van der Waals surface area contributed by atoms with Crippen LogP contribution >= 0.6 is 11.8 Å². The summed E-state index contributed by atoms with van der Waals surface area (Å²) in [5.41, 5.74) is 2.11. The Kier molecular flexibility index (Phi) is 4.24. The highest BCUT2D eigenvalue weighted by molar-refractivity contribution is 8.04. The number of thioether (sulfide) groups is 1. The van der Waals surface area contributed by atoms with E-state index in [0.717, 1.165) is 17.0 Å². The third kappa shape index (κ3) is 3.15. The van der Waals surface area contributed by atoms with E-state index in [1.165, 1.54) is 29.8 Å². The first kappa shape index (κ1) is 15.8. The predicted molar refractivity (Wildman–Crippen MR) is 98.2 cm³/mol. The Bertz CT molecular complexity index is 847. The van der Waals surface area contributed by atoms with Crippen molar-refractivity contribution >= 4 is 17.7 Å². The number of fused-ring (bicyclic) bond motifs is 1. The SMILES string of the molecule is C=C1SC(c2ccc3c(c2)OC=CO3)C(=O)N1CCc1ccccc1. The fraction of sp³-hybridized carbons (Fsp3) is 0.150. The molecule has 126 valence electrons. The first-order chi connectivity index (χ1) is 12.2. The summed E-state index contributed by atoms with van der Waals surface area (Å²) in [7, 11) is 0. The first-order valence-electron chi connectivity index (χ1n) is 8.05. The number of hydrogen-bond acceptors (Lipinski definition) is 4. The van der Waals surface area contributed by atoms with Crippen LogP contribution in [0.2, 0.25) is 0 Å². The molecule has 2 heterocycles. The average Bonchev–Trinajstić information content (AvgIpc) is 2.94. The number of ether oxygens (including phenoxy) is 2. The standard InChI is InChI=1S/C20H17NO3S/c1-14-21(10-9-15-5-3-2-4-6-15)20(22)19(25-14)16-7-8-17-18(13-16)24-12-11-23-17/h2-8,11-13,19H,1,9-10H2. The Hall–Kier alpha value is -2.66. The Morgan fingerprint density at radius 1 is 1.04 bits per heavy atom. The Morgan fingerprint density at radius 3 is 2.60 bits per heavy atom. The molecule has 1 saturated heterocycles. The lowest BCUT2D eigenvalue weighted by molar-refractivity contribution is -0.127. The van der Waals surface area contributed by atoms with Crippen LogP contribution in [0.1, 0.15) is 16.4 Å². The van der Waals surface area contributed by atoms with Crippen molar-refractivity contribution in [2.45, 2.75) is 11.7 Å². The lowest BCUT2D eigenvalue weighted by Crippen LogP contribution is -2.27. The van der Waals surface area contributed by atoms with Crippen LogP contribution in [-0.2, 0) is 11.2 Å². The molecule has 2 aromatic carbocycles. The third-order valence-corrected chi connectivity index (χ3v) is 5.43.